The lowest BCUT2D eigenvalue weighted by Crippen LogP contribution is -2.34. The zero-order valence-electron chi connectivity index (χ0n) is 9.50. The zero-order valence-corrected chi connectivity index (χ0v) is 10.3. The topological polar surface area (TPSA) is 15.3 Å². The lowest BCUT2D eigenvalue weighted by molar-refractivity contribution is 0.303. The highest BCUT2D eigenvalue weighted by Crippen LogP contribution is 2.14. The molecule has 0 saturated carbocycles. The van der Waals surface area contributed by atoms with Crippen molar-refractivity contribution in [2.24, 2.45) is 0 Å². The lowest BCUT2D eigenvalue weighted by atomic mass is 10.3. The molecule has 1 aromatic rings. The standard InChI is InChI=1S/C11H20N2S/c1-9(13(3)4)7-12-8-11-6-5-10(2)14-11/h5-6,9,12H,7-8H2,1-4H3. The van der Waals surface area contributed by atoms with E-state index in [9.17, 15) is 0 Å². The highest BCUT2D eigenvalue weighted by Gasteiger charge is 2.03. The Balaban J connectivity index is 2.22. The Morgan fingerprint density at radius 2 is 2.14 bits per heavy atom. The van der Waals surface area contributed by atoms with Gasteiger partial charge in [0, 0.05) is 28.9 Å². The predicted octanol–water partition coefficient (Wildman–Crippen LogP) is 2.10. The molecular formula is C11H20N2S. The van der Waals surface area contributed by atoms with Crippen LogP contribution in [0.25, 0.3) is 0 Å². The maximum absolute atomic E-state index is 3.46. The molecule has 1 rings (SSSR count). The first-order valence-electron chi connectivity index (χ1n) is 5.02. The van der Waals surface area contributed by atoms with Crippen molar-refractivity contribution >= 4 is 11.3 Å². The molecule has 0 aromatic carbocycles. The summed E-state index contributed by atoms with van der Waals surface area (Å²) in [4.78, 5) is 5.04. The first-order chi connectivity index (χ1) is 6.59. The first kappa shape index (κ1) is 11.7. The third-order valence-electron chi connectivity index (χ3n) is 2.42. The average Bonchev–Trinajstić information content (AvgIpc) is 2.51. The minimum atomic E-state index is 0.594. The van der Waals surface area contributed by atoms with E-state index in [1.807, 2.05) is 11.3 Å². The maximum Gasteiger partial charge on any atom is 0.0300 e. The van der Waals surface area contributed by atoms with E-state index < -0.39 is 0 Å². The molecule has 0 spiro atoms. The highest BCUT2D eigenvalue weighted by atomic mass is 32.1. The number of aryl methyl sites for hydroxylation is 1. The molecule has 14 heavy (non-hydrogen) atoms. The largest absolute Gasteiger partial charge is 0.310 e. The Morgan fingerprint density at radius 1 is 1.43 bits per heavy atom. The summed E-state index contributed by atoms with van der Waals surface area (Å²) in [5.74, 6) is 0. The van der Waals surface area contributed by atoms with E-state index in [1.165, 1.54) is 9.75 Å². The summed E-state index contributed by atoms with van der Waals surface area (Å²) in [6.07, 6.45) is 0. The summed E-state index contributed by atoms with van der Waals surface area (Å²) in [5.41, 5.74) is 0. The van der Waals surface area contributed by atoms with Gasteiger partial charge in [0.1, 0.15) is 0 Å². The number of nitrogens with one attached hydrogen (secondary N) is 1. The Labute approximate surface area is 90.9 Å². The van der Waals surface area contributed by atoms with Gasteiger partial charge in [-0.05, 0) is 40.1 Å². The summed E-state index contributed by atoms with van der Waals surface area (Å²) in [7, 11) is 4.23. The van der Waals surface area contributed by atoms with E-state index >= 15 is 0 Å². The van der Waals surface area contributed by atoms with Crippen LogP contribution in [-0.4, -0.2) is 31.6 Å². The van der Waals surface area contributed by atoms with Crippen LogP contribution < -0.4 is 5.32 Å². The van der Waals surface area contributed by atoms with Gasteiger partial charge >= 0.3 is 0 Å². The molecule has 0 aliphatic heterocycles. The van der Waals surface area contributed by atoms with Gasteiger partial charge in [0.05, 0.1) is 0 Å². The third-order valence-corrected chi connectivity index (χ3v) is 3.42. The van der Waals surface area contributed by atoms with Crippen molar-refractivity contribution in [3.05, 3.63) is 21.9 Å². The number of hydrogen-bond donors (Lipinski definition) is 1. The quantitative estimate of drug-likeness (QED) is 0.804. The van der Waals surface area contributed by atoms with Gasteiger partial charge in [0.2, 0.25) is 0 Å². The van der Waals surface area contributed by atoms with Crippen LogP contribution in [0.15, 0.2) is 12.1 Å². The van der Waals surface area contributed by atoms with E-state index in [0.29, 0.717) is 6.04 Å². The average molecular weight is 212 g/mol. The molecule has 0 amide bonds. The molecule has 0 aliphatic rings. The van der Waals surface area contributed by atoms with Gasteiger partial charge in [0.15, 0.2) is 0 Å². The van der Waals surface area contributed by atoms with E-state index in [0.717, 1.165) is 13.1 Å². The van der Waals surface area contributed by atoms with Gasteiger partial charge in [-0.25, -0.2) is 0 Å². The minimum absolute atomic E-state index is 0.594. The van der Waals surface area contributed by atoms with Crippen molar-refractivity contribution in [3.63, 3.8) is 0 Å². The number of hydrogen-bond acceptors (Lipinski definition) is 3. The molecule has 1 atom stereocenters. The monoisotopic (exact) mass is 212 g/mol. The van der Waals surface area contributed by atoms with E-state index in [2.05, 4.69) is 50.3 Å². The molecule has 1 aromatic heterocycles. The second kappa shape index (κ2) is 5.49. The molecule has 1 N–H and O–H groups in total. The molecule has 0 aliphatic carbocycles. The first-order valence-corrected chi connectivity index (χ1v) is 5.83. The number of rotatable bonds is 5. The summed E-state index contributed by atoms with van der Waals surface area (Å²) < 4.78 is 0. The number of thiophene rings is 1. The van der Waals surface area contributed by atoms with Gasteiger partial charge in [-0.3, -0.25) is 0 Å². The van der Waals surface area contributed by atoms with Crippen molar-refractivity contribution < 1.29 is 0 Å². The Bertz CT molecular complexity index is 268. The second-order valence-electron chi connectivity index (χ2n) is 3.96. The molecular weight excluding hydrogens is 192 g/mol. The van der Waals surface area contributed by atoms with Crippen molar-refractivity contribution in [1.82, 2.24) is 10.2 Å². The summed E-state index contributed by atoms with van der Waals surface area (Å²) in [6, 6.07) is 4.97. The van der Waals surface area contributed by atoms with Crippen LogP contribution in [0.4, 0.5) is 0 Å². The second-order valence-corrected chi connectivity index (χ2v) is 5.33. The molecule has 0 fully saturated rings. The fourth-order valence-electron chi connectivity index (χ4n) is 1.17. The maximum atomic E-state index is 3.46. The van der Waals surface area contributed by atoms with Crippen LogP contribution in [-0.2, 0) is 6.54 Å². The highest BCUT2D eigenvalue weighted by molar-refractivity contribution is 7.11. The van der Waals surface area contributed by atoms with Crippen LogP contribution in [0, 0.1) is 6.92 Å². The van der Waals surface area contributed by atoms with Gasteiger partial charge in [-0.15, -0.1) is 11.3 Å². The molecule has 0 saturated heterocycles. The number of nitrogens with zero attached hydrogens (tertiary/aromatic N) is 1. The summed E-state index contributed by atoms with van der Waals surface area (Å²) >= 11 is 1.87. The van der Waals surface area contributed by atoms with E-state index in [-0.39, 0.29) is 0 Å². The number of likely N-dealkylation sites (N-methyl/N-ethyl adjacent to an activating group) is 1. The van der Waals surface area contributed by atoms with Crippen molar-refractivity contribution in [3.8, 4) is 0 Å². The smallest absolute Gasteiger partial charge is 0.0300 e. The lowest BCUT2D eigenvalue weighted by Gasteiger charge is -2.19. The molecule has 1 unspecified atom stereocenters. The van der Waals surface area contributed by atoms with E-state index in [1.54, 1.807) is 0 Å². The van der Waals surface area contributed by atoms with Gasteiger partial charge in [0.25, 0.3) is 0 Å². The Hall–Kier alpha value is -0.380. The molecule has 0 radical (unpaired) electrons. The van der Waals surface area contributed by atoms with Gasteiger partial charge in [-0.2, -0.15) is 0 Å². The Kier molecular flexibility index (Phi) is 4.58. The fraction of sp³-hybridized carbons (Fsp3) is 0.636. The van der Waals surface area contributed by atoms with Crippen molar-refractivity contribution in [2.75, 3.05) is 20.6 Å². The van der Waals surface area contributed by atoms with Crippen molar-refractivity contribution in [2.45, 2.75) is 26.4 Å². The molecule has 0 bridgehead atoms. The molecule has 80 valence electrons. The van der Waals surface area contributed by atoms with Gasteiger partial charge in [-0.1, -0.05) is 0 Å². The SMILES string of the molecule is Cc1ccc(CNCC(C)N(C)C)s1. The van der Waals surface area contributed by atoms with Crippen LogP contribution >= 0.6 is 11.3 Å². The van der Waals surface area contributed by atoms with Crippen LogP contribution in [0.3, 0.4) is 0 Å². The van der Waals surface area contributed by atoms with E-state index in [4.69, 9.17) is 0 Å². The Morgan fingerprint density at radius 3 is 2.64 bits per heavy atom. The van der Waals surface area contributed by atoms with Crippen LogP contribution in [0.2, 0.25) is 0 Å². The van der Waals surface area contributed by atoms with Gasteiger partial charge < -0.3 is 10.2 Å². The van der Waals surface area contributed by atoms with Crippen LogP contribution in [0.1, 0.15) is 16.7 Å². The third kappa shape index (κ3) is 3.78. The summed E-state index contributed by atoms with van der Waals surface area (Å²) in [5, 5.41) is 3.46. The van der Waals surface area contributed by atoms with Crippen molar-refractivity contribution in [1.29, 1.82) is 0 Å². The minimum Gasteiger partial charge on any atom is -0.310 e. The zero-order chi connectivity index (χ0) is 10.6. The molecule has 2 nitrogen and oxygen atoms in total. The molecule has 3 heteroatoms. The predicted molar refractivity (Wildman–Crippen MR) is 63.9 cm³/mol. The molecule has 1 heterocycles. The van der Waals surface area contributed by atoms with Crippen LogP contribution in [0.5, 0.6) is 0 Å². The fourth-order valence-corrected chi connectivity index (χ4v) is 2.03. The summed E-state index contributed by atoms with van der Waals surface area (Å²) in [6.45, 7) is 6.42. The normalized spacial score (nSPS) is 13.5.